The minimum atomic E-state index is -5.08. The number of hydrogen-bond acceptors (Lipinski definition) is 6. The number of carbonyl (C=O) groups excluding carboxylic acids is 1. The molecule has 4 aromatic rings. The van der Waals surface area contributed by atoms with Crippen LogP contribution in [0.5, 0.6) is 0 Å². The molecule has 0 bridgehead atoms. The number of carboxylic acids is 1. The Hall–Kier alpha value is -3.80. The van der Waals surface area contributed by atoms with Crippen LogP contribution in [-0.4, -0.2) is 60.7 Å². The van der Waals surface area contributed by atoms with Crippen LogP contribution in [0.25, 0.3) is 22.3 Å². The van der Waals surface area contributed by atoms with E-state index < -0.39 is 12.1 Å². The summed E-state index contributed by atoms with van der Waals surface area (Å²) in [6, 6.07) is 9.93. The Morgan fingerprint density at radius 3 is 2.47 bits per heavy atom. The van der Waals surface area contributed by atoms with Crippen LogP contribution in [0, 0.1) is 0 Å². The molecule has 0 aromatic carbocycles. The van der Waals surface area contributed by atoms with Crippen molar-refractivity contribution in [2.75, 3.05) is 13.1 Å². The number of fused-ring (bicyclic) bond motifs is 1. The Labute approximate surface area is 208 Å². The number of thiophene rings is 1. The summed E-state index contributed by atoms with van der Waals surface area (Å²) in [5, 5.41) is 9.08. The van der Waals surface area contributed by atoms with Gasteiger partial charge >= 0.3 is 12.1 Å². The van der Waals surface area contributed by atoms with Crippen molar-refractivity contribution in [1.82, 2.24) is 24.4 Å². The smallest absolute Gasteiger partial charge is 0.475 e. The maximum absolute atomic E-state index is 12.6. The molecule has 1 aliphatic heterocycles. The molecule has 188 valence electrons. The number of hydrogen-bond donors (Lipinski definition) is 1. The molecule has 5 rings (SSSR count). The zero-order valence-corrected chi connectivity index (χ0v) is 20.0. The highest BCUT2D eigenvalue weighted by atomic mass is 32.1. The lowest BCUT2D eigenvalue weighted by atomic mass is 9.92. The third-order valence-corrected chi connectivity index (χ3v) is 6.70. The molecular weight excluding hydrogens is 495 g/mol. The van der Waals surface area contributed by atoms with Gasteiger partial charge in [0, 0.05) is 49.7 Å². The van der Waals surface area contributed by atoms with Gasteiger partial charge in [0.25, 0.3) is 5.91 Å². The van der Waals surface area contributed by atoms with Crippen LogP contribution in [0.1, 0.15) is 34.1 Å². The molecule has 4 aromatic heterocycles. The number of amides is 1. The van der Waals surface area contributed by atoms with E-state index >= 15 is 0 Å². The van der Waals surface area contributed by atoms with Crippen LogP contribution < -0.4 is 0 Å². The molecule has 0 aliphatic carbocycles. The molecule has 0 atom stereocenters. The molecular formula is C24H22F3N5O3S. The van der Waals surface area contributed by atoms with E-state index in [1.807, 2.05) is 58.7 Å². The van der Waals surface area contributed by atoms with E-state index in [0.717, 1.165) is 58.8 Å². The maximum Gasteiger partial charge on any atom is 0.490 e. The molecule has 0 spiro atoms. The van der Waals surface area contributed by atoms with Crippen LogP contribution in [0.15, 0.2) is 54.4 Å². The Morgan fingerprint density at radius 1 is 1.17 bits per heavy atom. The standard InChI is InChI=1S/C22H21N5OS.C2HF3O2/c1-26-14-24-21-18(26)12-17(25-20(21)16-4-2-8-23-13-16)15-6-9-27(10-7-15)22(28)19-5-3-11-29-19;3-2(4,5)1(6)7/h2-5,8,11-15H,6-7,9-10H2,1H3;(H,6,7). The zero-order valence-electron chi connectivity index (χ0n) is 19.1. The first kappa shape index (κ1) is 25.3. The Bertz CT molecular complexity index is 1350. The average molecular weight is 518 g/mol. The van der Waals surface area contributed by atoms with Gasteiger partial charge in [-0.1, -0.05) is 6.07 Å². The molecule has 0 radical (unpaired) electrons. The zero-order chi connectivity index (χ0) is 25.9. The highest BCUT2D eigenvalue weighted by Crippen LogP contribution is 2.33. The number of pyridine rings is 2. The quantitative estimate of drug-likeness (QED) is 0.421. The topological polar surface area (TPSA) is 101 Å². The maximum atomic E-state index is 12.6. The van der Waals surface area contributed by atoms with Crippen molar-refractivity contribution in [3.8, 4) is 11.3 Å². The molecule has 36 heavy (non-hydrogen) atoms. The van der Waals surface area contributed by atoms with E-state index in [0.29, 0.717) is 5.92 Å². The number of rotatable bonds is 3. The van der Waals surface area contributed by atoms with Gasteiger partial charge in [-0.25, -0.2) is 9.78 Å². The van der Waals surface area contributed by atoms with E-state index in [1.165, 1.54) is 11.3 Å². The lowest BCUT2D eigenvalue weighted by molar-refractivity contribution is -0.192. The van der Waals surface area contributed by atoms with Crippen LogP contribution in [-0.2, 0) is 11.8 Å². The average Bonchev–Trinajstić information content (AvgIpc) is 3.54. The van der Waals surface area contributed by atoms with Crippen LogP contribution >= 0.6 is 11.3 Å². The molecule has 12 heteroatoms. The van der Waals surface area contributed by atoms with Crippen LogP contribution in [0.3, 0.4) is 0 Å². The molecule has 1 aliphatic rings. The number of aryl methyl sites for hydroxylation is 1. The molecule has 0 saturated carbocycles. The Morgan fingerprint density at radius 2 is 1.89 bits per heavy atom. The van der Waals surface area contributed by atoms with Crippen molar-refractivity contribution < 1.29 is 27.9 Å². The van der Waals surface area contributed by atoms with Gasteiger partial charge in [0.2, 0.25) is 0 Å². The first-order valence-corrected chi connectivity index (χ1v) is 11.9. The molecule has 5 heterocycles. The van der Waals surface area contributed by atoms with E-state index in [-0.39, 0.29) is 5.91 Å². The monoisotopic (exact) mass is 517 g/mol. The van der Waals surface area contributed by atoms with E-state index in [4.69, 9.17) is 14.9 Å². The first-order valence-electron chi connectivity index (χ1n) is 11.0. The third-order valence-electron chi connectivity index (χ3n) is 5.84. The van der Waals surface area contributed by atoms with Gasteiger partial charge in [-0.3, -0.25) is 14.8 Å². The molecule has 1 saturated heterocycles. The number of piperidine rings is 1. The van der Waals surface area contributed by atoms with E-state index in [1.54, 1.807) is 6.20 Å². The molecule has 1 amide bonds. The number of carboxylic acid groups (broad SMARTS) is 1. The van der Waals surface area contributed by atoms with Gasteiger partial charge in [-0.05, 0) is 42.5 Å². The number of halogens is 3. The molecule has 1 fully saturated rings. The predicted octanol–water partition coefficient (Wildman–Crippen LogP) is 4.74. The first-order chi connectivity index (χ1) is 17.1. The number of imidazole rings is 1. The Kier molecular flexibility index (Phi) is 7.34. The number of likely N-dealkylation sites (tertiary alicyclic amines) is 1. The number of nitrogens with zero attached hydrogens (tertiary/aromatic N) is 5. The van der Waals surface area contributed by atoms with Gasteiger partial charge < -0.3 is 14.6 Å². The SMILES string of the molecule is Cn1cnc2c(-c3cccnc3)nc(C3CCN(C(=O)c4cccs4)CC3)cc21.O=C(O)C(F)(F)F. The summed E-state index contributed by atoms with van der Waals surface area (Å²) < 4.78 is 33.8. The summed E-state index contributed by atoms with van der Waals surface area (Å²) in [6.45, 7) is 1.52. The number of alkyl halides is 3. The van der Waals surface area contributed by atoms with Gasteiger partial charge in [0.1, 0.15) is 5.52 Å². The number of aliphatic carboxylic acids is 1. The lowest BCUT2D eigenvalue weighted by Gasteiger charge is -2.31. The minimum absolute atomic E-state index is 0.143. The fourth-order valence-electron chi connectivity index (χ4n) is 3.99. The Balaban J connectivity index is 0.000000384. The van der Waals surface area contributed by atoms with Gasteiger partial charge in [-0.15, -0.1) is 11.3 Å². The van der Waals surface area contributed by atoms with Crippen molar-refractivity contribution in [3.05, 3.63) is 65.0 Å². The van der Waals surface area contributed by atoms with Crippen molar-refractivity contribution >= 4 is 34.2 Å². The number of carbonyl (C=O) groups is 2. The highest BCUT2D eigenvalue weighted by molar-refractivity contribution is 7.12. The summed E-state index contributed by atoms with van der Waals surface area (Å²) in [4.78, 5) is 38.1. The fraction of sp³-hybridized carbons (Fsp3) is 0.292. The lowest BCUT2D eigenvalue weighted by Crippen LogP contribution is -2.37. The highest BCUT2D eigenvalue weighted by Gasteiger charge is 2.38. The second-order valence-electron chi connectivity index (χ2n) is 8.21. The van der Waals surface area contributed by atoms with E-state index in [9.17, 15) is 18.0 Å². The van der Waals surface area contributed by atoms with Gasteiger partial charge in [0.15, 0.2) is 0 Å². The van der Waals surface area contributed by atoms with Crippen molar-refractivity contribution in [2.24, 2.45) is 7.05 Å². The fourth-order valence-corrected chi connectivity index (χ4v) is 4.69. The number of aromatic nitrogens is 4. The largest absolute Gasteiger partial charge is 0.490 e. The van der Waals surface area contributed by atoms with Crippen LogP contribution in [0.4, 0.5) is 13.2 Å². The molecule has 1 N–H and O–H groups in total. The summed E-state index contributed by atoms with van der Waals surface area (Å²) >= 11 is 1.51. The predicted molar refractivity (Wildman–Crippen MR) is 128 cm³/mol. The van der Waals surface area contributed by atoms with Crippen molar-refractivity contribution in [1.29, 1.82) is 0 Å². The van der Waals surface area contributed by atoms with E-state index in [2.05, 4.69) is 16.0 Å². The summed E-state index contributed by atoms with van der Waals surface area (Å²) in [7, 11) is 2.01. The van der Waals surface area contributed by atoms with Gasteiger partial charge in [-0.2, -0.15) is 13.2 Å². The summed E-state index contributed by atoms with van der Waals surface area (Å²) in [5.74, 6) is -2.28. The van der Waals surface area contributed by atoms with Crippen LogP contribution in [0.2, 0.25) is 0 Å². The summed E-state index contributed by atoms with van der Waals surface area (Å²) in [5.41, 5.74) is 4.90. The molecule has 8 nitrogen and oxygen atoms in total. The summed E-state index contributed by atoms with van der Waals surface area (Å²) in [6.07, 6.45) is 2.18. The van der Waals surface area contributed by atoms with Gasteiger partial charge in [0.05, 0.1) is 22.4 Å². The second-order valence-corrected chi connectivity index (χ2v) is 9.16. The third kappa shape index (κ3) is 5.54. The minimum Gasteiger partial charge on any atom is -0.475 e. The van der Waals surface area contributed by atoms with Crippen molar-refractivity contribution in [3.63, 3.8) is 0 Å². The molecule has 0 unspecified atom stereocenters. The normalized spacial score (nSPS) is 14.4. The van der Waals surface area contributed by atoms with Crippen molar-refractivity contribution in [2.45, 2.75) is 24.9 Å². The second kappa shape index (κ2) is 10.4.